The van der Waals surface area contributed by atoms with Gasteiger partial charge in [0.1, 0.15) is 12.4 Å². The fraction of sp³-hybridized carbons (Fsp3) is 0.562. The summed E-state index contributed by atoms with van der Waals surface area (Å²) in [6, 6.07) is 0. The molecule has 0 bridgehead atoms. The van der Waals surface area contributed by atoms with Crippen molar-refractivity contribution in [3.63, 3.8) is 0 Å². The van der Waals surface area contributed by atoms with Crippen molar-refractivity contribution in [2.24, 2.45) is 0 Å². The lowest BCUT2D eigenvalue weighted by molar-refractivity contribution is -0.121. The van der Waals surface area contributed by atoms with E-state index in [4.69, 9.17) is 0 Å². The first kappa shape index (κ1) is 16.3. The molecule has 0 aromatic carbocycles. The van der Waals surface area contributed by atoms with Crippen LogP contribution in [0.5, 0.6) is 0 Å². The number of aryl methyl sites for hydroxylation is 2. The third-order valence-corrected chi connectivity index (χ3v) is 3.82. The molecule has 1 amide bonds. The molecule has 0 atom stereocenters. The van der Waals surface area contributed by atoms with Gasteiger partial charge in [0, 0.05) is 37.1 Å². The third kappa shape index (κ3) is 3.96. The van der Waals surface area contributed by atoms with Gasteiger partial charge in [0.15, 0.2) is 0 Å². The number of carbonyl (C=O) groups is 1. The van der Waals surface area contributed by atoms with Gasteiger partial charge in [0.05, 0.1) is 12.0 Å². The van der Waals surface area contributed by atoms with Gasteiger partial charge in [-0.15, -0.1) is 0 Å². The van der Waals surface area contributed by atoms with Crippen LogP contribution in [-0.2, 0) is 17.9 Å². The van der Waals surface area contributed by atoms with E-state index < -0.39 is 0 Å². The summed E-state index contributed by atoms with van der Waals surface area (Å²) in [6.07, 6.45) is 6.43. The van der Waals surface area contributed by atoms with Crippen LogP contribution in [0.25, 0.3) is 0 Å². The van der Waals surface area contributed by atoms with Crippen molar-refractivity contribution in [1.82, 2.24) is 24.4 Å². The summed E-state index contributed by atoms with van der Waals surface area (Å²) < 4.78 is 4.03. The van der Waals surface area contributed by atoms with Gasteiger partial charge in [-0.1, -0.05) is 13.8 Å². The molecule has 2 rings (SSSR count). The monoisotopic (exact) mass is 303 g/mol. The number of hydrogen-bond donors (Lipinski definition) is 1. The van der Waals surface area contributed by atoms with Crippen LogP contribution in [0.2, 0.25) is 0 Å². The van der Waals surface area contributed by atoms with Crippen molar-refractivity contribution < 1.29 is 4.79 Å². The zero-order chi connectivity index (χ0) is 16.1. The number of amides is 1. The first-order valence-electron chi connectivity index (χ1n) is 7.75. The van der Waals surface area contributed by atoms with Crippen molar-refractivity contribution in [2.75, 3.05) is 6.54 Å². The summed E-state index contributed by atoms with van der Waals surface area (Å²) >= 11 is 0. The normalized spacial score (nSPS) is 11.1. The molecule has 0 saturated heterocycles. The smallest absolute Gasteiger partial charge is 0.239 e. The highest BCUT2D eigenvalue weighted by molar-refractivity contribution is 5.75. The van der Waals surface area contributed by atoms with Crippen molar-refractivity contribution >= 4 is 5.91 Å². The van der Waals surface area contributed by atoms with Gasteiger partial charge in [-0.25, -0.2) is 9.97 Å². The van der Waals surface area contributed by atoms with Crippen LogP contribution in [-0.4, -0.2) is 31.6 Å². The molecule has 0 fully saturated rings. The molecule has 2 aromatic heterocycles. The van der Waals surface area contributed by atoms with Crippen LogP contribution in [0.1, 0.15) is 43.4 Å². The summed E-state index contributed by atoms with van der Waals surface area (Å²) in [5, 5.41) is 2.96. The highest BCUT2D eigenvalue weighted by Crippen LogP contribution is 2.11. The zero-order valence-corrected chi connectivity index (χ0v) is 13.8. The van der Waals surface area contributed by atoms with Crippen LogP contribution >= 0.6 is 0 Å². The molecule has 120 valence electrons. The van der Waals surface area contributed by atoms with Crippen LogP contribution in [0.15, 0.2) is 18.7 Å². The standard InChI is InChI=1S/C16H25N5O/c1-12(2)16-18-7-9-20(16)8-5-6-17-15(22)10-21-11-19-13(3)14(21)4/h7,9,11-12H,5-6,8,10H2,1-4H3,(H,17,22). The maximum absolute atomic E-state index is 11.9. The van der Waals surface area contributed by atoms with E-state index in [0.29, 0.717) is 19.0 Å². The maximum Gasteiger partial charge on any atom is 0.239 e. The molecule has 0 aliphatic heterocycles. The molecule has 22 heavy (non-hydrogen) atoms. The summed E-state index contributed by atoms with van der Waals surface area (Å²) in [7, 11) is 0. The van der Waals surface area contributed by atoms with Gasteiger partial charge >= 0.3 is 0 Å². The summed E-state index contributed by atoms with van der Waals surface area (Å²) in [4.78, 5) is 20.5. The molecule has 0 spiro atoms. The molecule has 0 aliphatic rings. The average Bonchev–Trinajstić information content (AvgIpc) is 3.06. The topological polar surface area (TPSA) is 64.7 Å². The minimum absolute atomic E-state index is 0.0233. The van der Waals surface area contributed by atoms with E-state index >= 15 is 0 Å². The Morgan fingerprint density at radius 2 is 2.05 bits per heavy atom. The van der Waals surface area contributed by atoms with Gasteiger partial charge in [-0.3, -0.25) is 4.79 Å². The number of imidazole rings is 2. The van der Waals surface area contributed by atoms with E-state index in [1.54, 1.807) is 6.33 Å². The summed E-state index contributed by atoms with van der Waals surface area (Å²) in [5.74, 6) is 1.53. The lowest BCUT2D eigenvalue weighted by Gasteiger charge is -2.11. The number of hydrogen-bond acceptors (Lipinski definition) is 3. The molecule has 0 aliphatic carbocycles. The number of rotatable bonds is 7. The Balaban J connectivity index is 1.73. The predicted molar refractivity (Wildman–Crippen MR) is 85.6 cm³/mol. The van der Waals surface area contributed by atoms with Gasteiger partial charge in [0.2, 0.25) is 5.91 Å². The van der Waals surface area contributed by atoms with Crippen LogP contribution in [0, 0.1) is 13.8 Å². The van der Waals surface area contributed by atoms with Crippen molar-refractivity contribution in [3.05, 3.63) is 35.9 Å². The van der Waals surface area contributed by atoms with Gasteiger partial charge in [0.25, 0.3) is 0 Å². The van der Waals surface area contributed by atoms with E-state index in [2.05, 4.69) is 33.7 Å². The van der Waals surface area contributed by atoms with Crippen molar-refractivity contribution in [3.8, 4) is 0 Å². The van der Waals surface area contributed by atoms with E-state index in [0.717, 1.165) is 30.2 Å². The number of nitrogens with one attached hydrogen (secondary N) is 1. The third-order valence-electron chi connectivity index (χ3n) is 3.82. The van der Waals surface area contributed by atoms with E-state index in [9.17, 15) is 4.79 Å². The quantitative estimate of drug-likeness (QED) is 0.796. The Morgan fingerprint density at radius 1 is 1.27 bits per heavy atom. The van der Waals surface area contributed by atoms with E-state index in [1.807, 2.05) is 30.8 Å². The fourth-order valence-electron chi connectivity index (χ4n) is 2.40. The number of aromatic nitrogens is 4. The number of nitrogens with zero attached hydrogens (tertiary/aromatic N) is 4. The minimum Gasteiger partial charge on any atom is -0.354 e. The van der Waals surface area contributed by atoms with Gasteiger partial charge in [-0.2, -0.15) is 0 Å². The lowest BCUT2D eigenvalue weighted by Crippen LogP contribution is -2.29. The Kier molecular flexibility index (Phi) is 5.35. The molecular formula is C16H25N5O. The largest absolute Gasteiger partial charge is 0.354 e. The molecule has 6 nitrogen and oxygen atoms in total. The summed E-state index contributed by atoms with van der Waals surface area (Å²) in [6.45, 7) is 10.1. The average molecular weight is 303 g/mol. The van der Waals surface area contributed by atoms with Gasteiger partial charge < -0.3 is 14.5 Å². The first-order chi connectivity index (χ1) is 10.5. The van der Waals surface area contributed by atoms with Crippen LogP contribution < -0.4 is 5.32 Å². The maximum atomic E-state index is 11.9. The minimum atomic E-state index is 0.0233. The lowest BCUT2D eigenvalue weighted by atomic mass is 10.2. The van der Waals surface area contributed by atoms with Gasteiger partial charge in [-0.05, 0) is 20.3 Å². The molecule has 6 heteroatoms. The van der Waals surface area contributed by atoms with Crippen LogP contribution in [0.3, 0.4) is 0 Å². The van der Waals surface area contributed by atoms with Crippen molar-refractivity contribution in [2.45, 2.75) is 53.1 Å². The van der Waals surface area contributed by atoms with E-state index in [-0.39, 0.29) is 5.91 Å². The fourth-order valence-corrected chi connectivity index (χ4v) is 2.40. The Bertz CT molecular complexity index is 626. The highest BCUT2D eigenvalue weighted by atomic mass is 16.1. The molecule has 0 saturated carbocycles. The number of carbonyl (C=O) groups excluding carboxylic acids is 1. The SMILES string of the molecule is Cc1ncn(CC(=O)NCCCn2ccnc2C(C)C)c1C. The molecule has 0 unspecified atom stereocenters. The second-order valence-electron chi connectivity index (χ2n) is 5.88. The molecule has 2 aromatic rings. The first-order valence-corrected chi connectivity index (χ1v) is 7.75. The molecule has 0 radical (unpaired) electrons. The van der Waals surface area contributed by atoms with Crippen LogP contribution in [0.4, 0.5) is 0 Å². The molecule has 2 heterocycles. The molecular weight excluding hydrogens is 278 g/mol. The summed E-state index contributed by atoms with van der Waals surface area (Å²) in [5.41, 5.74) is 2.00. The zero-order valence-electron chi connectivity index (χ0n) is 13.8. The second kappa shape index (κ2) is 7.24. The molecule has 1 N–H and O–H groups in total. The van der Waals surface area contributed by atoms with Crippen molar-refractivity contribution in [1.29, 1.82) is 0 Å². The Morgan fingerprint density at radius 3 is 2.68 bits per heavy atom. The predicted octanol–water partition coefficient (Wildman–Crippen LogP) is 2.03. The Hall–Kier alpha value is -2.11. The second-order valence-corrected chi connectivity index (χ2v) is 5.88. The Labute approximate surface area is 131 Å². The highest BCUT2D eigenvalue weighted by Gasteiger charge is 2.08. The van der Waals surface area contributed by atoms with E-state index in [1.165, 1.54) is 0 Å².